The molecule has 4 heteroatoms. The van der Waals surface area contributed by atoms with Crippen molar-refractivity contribution in [2.75, 3.05) is 0 Å². The van der Waals surface area contributed by atoms with E-state index < -0.39 is 5.54 Å². The maximum atomic E-state index is 12.6. The van der Waals surface area contributed by atoms with Crippen molar-refractivity contribution in [3.05, 3.63) is 0 Å². The van der Waals surface area contributed by atoms with Crippen molar-refractivity contribution in [3.8, 4) is 0 Å². The van der Waals surface area contributed by atoms with E-state index in [0.717, 1.165) is 51.4 Å². The predicted octanol–water partition coefficient (Wildman–Crippen LogP) is 3.06. The van der Waals surface area contributed by atoms with Gasteiger partial charge >= 0.3 is 0 Å². The molecule has 2 aliphatic rings. The minimum Gasteiger partial charge on any atom is -0.391 e. The molecule has 3 nitrogen and oxygen atoms in total. The Hall–Kier alpha value is -0.640. The van der Waals surface area contributed by atoms with Crippen LogP contribution < -0.4 is 11.1 Å². The number of nitrogens with two attached hydrogens (primary N) is 1. The highest BCUT2D eigenvalue weighted by atomic mass is 32.1. The number of amides is 1. The lowest BCUT2D eigenvalue weighted by Crippen LogP contribution is -2.59. The first-order valence-electron chi connectivity index (χ1n) is 7.61. The van der Waals surface area contributed by atoms with E-state index in [1.54, 1.807) is 0 Å². The second-order valence-electron chi connectivity index (χ2n) is 6.58. The fourth-order valence-corrected chi connectivity index (χ4v) is 3.77. The third-order valence-corrected chi connectivity index (χ3v) is 5.43. The fourth-order valence-electron chi connectivity index (χ4n) is 3.52. The second-order valence-corrected chi connectivity index (χ2v) is 7.02. The lowest BCUT2D eigenvalue weighted by atomic mass is 9.84. The smallest absolute Gasteiger partial charge is 0.226 e. The lowest BCUT2D eigenvalue weighted by Gasteiger charge is -2.36. The molecule has 0 bridgehead atoms. The average molecular weight is 282 g/mol. The highest BCUT2D eigenvalue weighted by molar-refractivity contribution is 7.80. The summed E-state index contributed by atoms with van der Waals surface area (Å²) in [4.78, 5) is 13.1. The molecule has 0 atom stereocenters. The van der Waals surface area contributed by atoms with Gasteiger partial charge in [-0.1, -0.05) is 57.7 Å². The predicted molar refractivity (Wildman–Crippen MR) is 81.9 cm³/mol. The van der Waals surface area contributed by atoms with E-state index in [2.05, 4.69) is 12.2 Å². The quantitative estimate of drug-likeness (QED) is 0.618. The zero-order valence-corrected chi connectivity index (χ0v) is 12.8. The van der Waals surface area contributed by atoms with Crippen LogP contribution in [0.15, 0.2) is 0 Å². The van der Waals surface area contributed by atoms with E-state index in [-0.39, 0.29) is 11.3 Å². The van der Waals surface area contributed by atoms with Crippen molar-refractivity contribution >= 4 is 23.1 Å². The summed E-state index contributed by atoms with van der Waals surface area (Å²) < 4.78 is 0. The summed E-state index contributed by atoms with van der Waals surface area (Å²) in [6.45, 7) is 2.08. The molecule has 108 valence electrons. The second kappa shape index (κ2) is 5.78. The molecule has 0 aromatic carbocycles. The van der Waals surface area contributed by atoms with Crippen LogP contribution in [0.1, 0.15) is 71.1 Å². The minimum atomic E-state index is -0.422. The molecule has 0 saturated heterocycles. The topological polar surface area (TPSA) is 55.1 Å². The zero-order chi connectivity index (χ0) is 13.9. The van der Waals surface area contributed by atoms with Gasteiger partial charge in [0.15, 0.2) is 0 Å². The van der Waals surface area contributed by atoms with Gasteiger partial charge in [0.1, 0.15) is 0 Å². The van der Waals surface area contributed by atoms with Crippen LogP contribution in [0.5, 0.6) is 0 Å². The van der Waals surface area contributed by atoms with Crippen LogP contribution >= 0.6 is 12.2 Å². The van der Waals surface area contributed by atoms with Crippen LogP contribution in [0.2, 0.25) is 0 Å². The molecule has 1 amide bonds. The van der Waals surface area contributed by atoms with E-state index in [0.29, 0.717) is 4.99 Å². The summed E-state index contributed by atoms with van der Waals surface area (Å²) in [6, 6.07) is 0. The number of carbonyl (C=O) groups is 1. The first kappa shape index (κ1) is 14.8. The summed E-state index contributed by atoms with van der Waals surface area (Å²) in [5, 5.41) is 3.25. The van der Waals surface area contributed by atoms with Crippen LogP contribution in [0.3, 0.4) is 0 Å². The van der Waals surface area contributed by atoms with Crippen molar-refractivity contribution in [2.24, 2.45) is 11.1 Å². The van der Waals surface area contributed by atoms with E-state index >= 15 is 0 Å². The maximum absolute atomic E-state index is 12.6. The molecular weight excluding hydrogens is 256 g/mol. The van der Waals surface area contributed by atoms with Crippen LogP contribution in [-0.2, 0) is 4.79 Å². The number of hydrogen-bond donors (Lipinski definition) is 2. The molecule has 0 heterocycles. The van der Waals surface area contributed by atoms with Gasteiger partial charge in [0.05, 0.1) is 10.5 Å². The van der Waals surface area contributed by atoms with Crippen LogP contribution in [0.25, 0.3) is 0 Å². The number of hydrogen-bond acceptors (Lipinski definition) is 2. The molecular formula is C15H26N2OS. The van der Waals surface area contributed by atoms with E-state index in [9.17, 15) is 4.79 Å². The summed E-state index contributed by atoms with van der Waals surface area (Å²) >= 11 is 5.28. The van der Waals surface area contributed by atoms with Gasteiger partial charge in [0.25, 0.3) is 0 Å². The van der Waals surface area contributed by atoms with Gasteiger partial charge in [-0.3, -0.25) is 4.79 Å². The molecule has 2 aliphatic carbocycles. The van der Waals surface area contributed by atoms with Gasteiger partial charge < -0.3 is 11.1 Å². The molecule has 0 radical (unpaired) electrons. The van der Waals surface area contributed by atoms with Crippen LogP contribution in [0.4, 0.5) is 0 Å². The SMILES string of the molecule is CC1(C(=O)NC2(C(N)=S)CCCCCC2)CCCC1. The van der Waals surface area contributed by atoms with Crippen molar-refractivity contribution in [1.29, 1.82) is 0 Å². The molecule has 19 heavy (non-hydrogen) atoms. The van der Waals surface area contributed by atoms with Crippen molar-refractivity contribution in [1.82, 2.24) is 5.32 Å². The highest BCUT2D eigenvalue weighted by Crippen LogP contribution is 2.39. The molecule has 0 unspecified atom stereocenters. The standard InChI is InChI=1S/C15H26N2OS/c1-14(8-6-7-9-14)13(18)17-15(12(16)19)10-4-2-3-5-11-15/h2-11H2,1H3,(H2,16,19)(H,17,18). The summed E-state index contributed by atoms with van der Waals surface area (Å²) in [6.07, 6.45) is 10.8. The lowest BCUT2D eigenvalue weighted by molar-refractivity contribution is -0.131. The Bertz CT molecular complexity index is 353. The van der Waals surface area contributed by atoms with Gasteiger partial charge in [-0.05, 0) is 25.7 Å². The fraction of sp³-hybridized carbons (Fsp3) is 0.867. The monoisotopic (exact) mass is 282 g/mol. The first-order valence-corrected chi connectivity index (χ1v) is 8.02. The number of thiocarbonyl (C=S) groups is 1. The van der Waals surface area contributed by atoms with Gasteiger partial charge in [-0.15, -0.1) is 0 Å². The van der Waals surface area contributed by atoms with Gasteiger partial charge in [0, 0.05) is 5.41 Å². The Labute approximate surface area is 121 Å². The molecule has 0 aliphatic heterocycles. The summed E-state index contributed by atoms with van der Waals surface area (Å²) in [5.74, 6) is 0.166. The molecule has 2 fully saturated rings. The van der Waals surface area contributed by atoms with E-state index in [1.165, 1.54) is 12.8 Å². The number of nitrogens with one attached hydrogen (secondary N) is 1. The number of rotatable bonds is 3. The maximum Gasteiger partial charge on any atom is 0.226 e. The van der Waals surface area contributed by atoms with Crippen molar-refractivity contribution in [3.63, 3.8) is 0 Å². The molecule has 3 N–H and O–H groups in total. The molecule has 2 rings (SSSR count). The summed E-state index contributed by atoms with van der Waals surface area (Å²) in [7, 11) is 0. The van der Waals surface area contributed by atoms with Crippen molar-refractivity contribution < 1.29 is 4.79 Å². The molecule has 2 saturated carbocycles. The normalized spacial score (nSPS) is 25.5. The highest BCUT2D eigenvalue weighted by Gasteiger charge is 2.42. The Morgan fingerprint density at radius 3 is 1.95 bits per heavy atom. The van der Waals surface area contributed by atoms with Gasteiger partial charge in [-0.2, -0.15) is 0 Å². The Morgan fingerprint density at radius 2 is 1.47 bits per heavy atom. The largest absolute Gasteiger partial charge is 0.391 e. The van der Waals surface area contributed by atoms with Crippen LogP contribution in [0, 0.1) is 5.41 Å². The third-order valence-electron chi connectivity index (χ3n) is 5.04. The zero-order valence-electron chi connectivity index (χ0n) is 12.0. The minimum absolute atomic E-state index is 0.166. The van der Waals surface area contributed by atoms with Crippen LogP contribution in [-0.4, -0.2) is 16.4 Å². The Kier molecular flexibility index (Phi) is 4.49. The molecule has 0 spiro atoms. The van der Waals surface area contributed by atoms with Crippen molar-refractivity contribution in [2.45, 2.75) is 76.7 Å². The van der Waals surface area contributed by atoms with Gasteiger partial charge in [0.2, 0.25) is 5.91 Å². The molecule has 0 aromatic heterocycles. The van der Waals surface area contributed by atoms with Gasteiger partial charge in [-0.25, -0.2) is 0 Å². The summed E-state index contributed by atoms with van der Waals surface area (Å²) in [5.41, 5.74) is 5.35. The Morgan fingerprint density at radius 1 is 1.00 bits per heavy atom. The van der Waals surface area contributed by atoms with E-state index in [4.69, 9.17) is 18.0 Å². The third kappa shape index (κ3) is 3.10. The number of carbonyl (C=O) groups excluding carboxylic acids is 1. The average Bonchev–Trinajstić information content (AvgIpc) is 2.67. The first-order chi connectivity index (χ1) is 8.99. The van der Waals surface area contributed by atoms with E-state index in [1.807, 2.05) is 0 Å². The molecule has 0 aromatic rings. The Balaban J connectivity index is 2.11.